The van der Waals surface area contributed by atoms with E-state index >= 15 is 0 Å². The predicted molar refractivity (Wildman–Crippen MR) is 106 cm³/mol. The van der Waals surface area contributed by atoms with Crippen LogP contribution in [0.2, 0.25) is 0 Å². The summed E-state index contributed by atoms with van der Waals surface area (Å²) in [4.78, 5) is 2.20. The second-order valence-corrected chi connectivity index (χ2v) is 9.16. The summed E-state index contributed by atoms with van der Waals surface area (Å²) in [5, 5.41) is 10.4. The van der Waals surface area contributed by atoms with Gasteiger partial charge in [-0.25, -0.2) is 4.39 Å². The summed E-state index contributed by atoms with van der Waals surface area (Å²) in [7, 11) is 0. The van der Waals surface area contributed by atoms with Crippen LogP contribution in [0.3, 0.4) is 0 Å². The first-order valence-corrected chi connectivity index (χ1v) is 10.5. The van der Waals surface area contributed by atoms with E-state index in [1.807, 2.05) is 0 Å². The molecule has 1 heterocycles. The lowest BCUT2D eigenvalue weighted by Crippen LogP contribution is -2.48. The SMILES string of the molecule is CC1(C)[C@H]2CC=C(COC[C@@H](O)CN3CCO[C@H](c4ccc(F)cc4)C3)[C@H]1C2. The third kappa shape index (κ3) is 4.18. The van der Waals surface area contributed by atoms with Crippen molar-refractivity contribution in [3.05, 3.63) is 47.3 Å². The summed E-state index contributed by atoms with van der Waals surface area (Å²) in [5.74, 6) is 1.25. The number of nitrogens with zero attached hydrogens (tertiary/aromatic N) is 1. The van der Waals surface area contributed by atoms with Gasteiger partial charge in [-0.15, -0.1) is 0 Å². The van der Waals surface area contributed by atoms with Crippen molar-refractivity contribution in [1.82, 2.24) is 4.90 Å². The van der Waals surface area contributed by atoms with Crippen molar-refractivity contribution in [2.24, 2.45) is 17.3 Å². The molecular weight excluding hydrogens is 357 g/mol. The zero-order chi connectivity index (χ0) is 19.7. The monoisotopic (exact) mass is 389 g/mol. The molecule has 0 radical (unpaired) electrons. The Morgan fingerprint density at radius 3 is 2.82 bits per heavy atom. The van der Waals surface area contributed by atoms with Gasteiger partial charge in [0.2, 0.25) is 0 Å². The molecule has 1 saturated carbocycles. The molecule has 4 atom stereocenters. The highest BCUT2D eigenvalue weighted by atomic mass is 19.1. The van der Waals surface area contributed by atoms with Crippen molar-refractivity contribution >= 4 is 0 Å². The summed E-state index contributed by atoms with van der Waals surface area (Å²) in [5.41, 5.74) is 2.81. The average Bonchev–Trinajstić information content (AvgIpc) is 2.68. The van der Waals surface area contributed by atoms with Gasteiger partial charge in [-0.3, -0.25) is 4.90 Å². The van der Waals surface area contributed by atoms with E-state index in [9.17, 15) is 9.50 Å². The Balaban J connectivity index is 1.21. The fourth-order valence-corrected chi connectivity index (χ4v) is 5.05. The van der Waals surface area contributed by atoms with E-state index in [0.29, 0.717) is 44.2 Å². The van der Waals surface area contributed by atoms with E-state index in [1.165, 1.54) is 30.5 Å². The lowest BCUT2D eigenvalue weighted by atomic mass is 9.49. The summed E-state index contributed by atoms with van der Waals surface area (Å²) in [6, 6.07) is 6.47. The number of allylic oxidation sites excluding steroid dienone is 1. The van der Waals surface area contributed by atoms with E-state index in [-0.39, 0.29) is 11.9 Å². The van der Waals surface area contributed by atoms with E-state index in [2.05, 4.69) is 24.8 Å². The number of hydrogen-bond acceptors (Lipinski definition) is 4. The Morgan fingerprint density at radius 2 is 2.11 bits per heavy atom. The van der Waals surface area contributed by atoms with E-state index < -0.39 is 6.10 Å². The molecule has 4 nitrogen and oxygen atoms in total. The molecule has 2 fully saturated rings. The maximum Gasteiger partial charge on any atom is 0.123 e. The maximum atomic E-state index is 13.1. The Morgan fingerprint density at radius 1 is 1.32 bits per heavy atom. The minimum Gasteiger partial charge on any atom is -0.389 e. The highest BCUT2D eigenvalue weighted by molar-refractivity contribution is 5.23. The van der Waals surface area contributed by atoms with Crippen LogP contribution in [0.4, 0.5) is 4.39 Å². The molecule has 0 amide bonds. The third-order valence-electron chi connectivity index (χ3n) is 7.02. The predicted octanol–water partition coefficient (Wildman–Crippen LogP) is 3.57. The van der Waals surface area contributed by atoms with Crippen molar-refractivity contribution in [2.75, 3.05) is 39.5 Å². The normalized spacial score (nSPS) is 30.4. The fourth-order valence-electron chi connectivity index (χ4n) is 5.05. The molecule has 0 unspecified atom stereocenters. The van der Waals surface area contributed by atoms with Crippen LogP contribution in [0, 0.1) is 23.1 Å². The molecule has 1 aromatic carbocycles. The number of halogens is 1. The molecule has 0 spiro atoms. The molecule has 2 bridgehead atoms. The fraction of sp³-hybridized carbons (Fsp3) is 0.652. The number of hydrogen-bond donors (Lipinski definition) is 1. The van der Waals surface area contributed by atoms with Crippen LogP contribution < -0.4 is 0 Å². The number of fused-ring (bicyclic) bond motifs is 1. The number of ether oxygens (including phenoxy) is 2. The topological polar surface area (TPSA) is 41.9 Å². The second-order valence-electron chi connectivity index (χ2n) is 9.16. The van der Waals surface area contributed by atoms with Crippen LogP contribution in [0.1, 0.15) is 38.4 Å². The maximum absolute atomic E-state index is 13.1. The number of β-amino-alcohol motifs (C(OH)–C–C–N with tert-alkyl or cyclic N) is 1. The summed E-state index contributed by atoms with van der Waals surface area (Å²) < 4.78 is 24.8. The molecule has 1 saturated heterocycles. The van der Waals surface area contributed by atoms with Crippen molar-refractivity contribution in [2.45, 2.75) is 38.9 Å². The lowest BCUT2D eigenvalue weighted by molar-refractivity contribution is -0.0545. The number of rotatable bonds is 7. The highest BCUT2D eigenvalue weighted by Crippen LogP contribution is 2.59. The molecule has 4 aliphatic rings. The molecule has 5 heteroatoms. The summed E-state index contributed by atoms with van der Waals surface area (Å²) >= 11 is 0. The van der Waals surface area contributed by atoms with Crippen molar-refractivity contribution < 1.29 is 19.0 Å². The van der Waals surface area contributed by atoms with Crippen LogP contribution in [0.25, 0.3) is 0 Å². The molecule has 28 heavy (non-hydrogen) atoms. The van der Waals surface area contributed by atoms with Gasteiger partial charge in [-0.2, -0.15) is 0 Å². The van der Waals surface area contributed by atoms with Crippen molar-refractivity contribution in [1.29, 1.82) is 0 Å². The van der Waals surface area contributed by atoms with Crippen LogP contribution in [-0.2, 0) is 9.47 Å². The van der Waals surface area contributed by atoms with Gasteiger partial charge in [-0.1, -0.05) is 32.1 Å². The van der Waals surface area contributed by atoms with Crippen LogP contribution >= 0.6 is 0 Å². The quantitative estimate of drug-likeness (QED) is 0.724. The molecule has 1 N–H and O–H groups in total. The largest absolute Gasteiger partial charge is 0.389 e. The molecular formula is C23H32FNO3. The Kier molecular flexibility index (Phi) is 5.88. The van der Waals surface area contributed by atoms with E-state index in [0.717, 1.165) is 18.0 Å². The Hall–Kier alpha value is -1.27. The van der Waals surface area contributed by atoms with Gasteiger partial charge in [0.05, 0.1) is 32.0 Å². The summed E-state index contributed by atoms with van der Waals surface area (Å²) in [6.45, 7) is 8.39. The average molecular weight is 390 g/mol. The smallest absolute Gasteiger partial charge is 0.123 e. The molecule has 3 aliphatic carbocycles. The lowest BCUT2D eigenvalue weighted by Gasteiger charge is -2.56. The Bertz CT molecular complexity index is 702. The van der Waals surface area contributed by atoms with Crippen LogP contribution in [-0.4, -0.2) is 55.6 Å². The van der Waals surface area contributed by atoms with Gasteiger partial charge in [0, 0.05) is 19.6 Å². The van der Waals surface area contributed by atoms with Gasteiger partial charge in [0.1, 0.15) is 5.82 Å². The van der Waals surface area contributed by atoms with Crippen molar-refractivity contribution in [3.8, 4) is 0 Å². The van der Waals surface area contributed by atoms with Gasteiger partial charge >= 0.3 is 0 Å². The number of aliphatic hydroxyl groups is 1. The molecule has 1 aliphatic heterocycles. The van der Waals surface area contributed by atoms with Gasteiger partial charge in [0.25, 0.3) is 0 Å². The second kappa shape index (κ2) is 8.23. The third-order valence-corrected chi connectivity index (χ3v) is 7.02. The first-order chi connectivity index (χ1) is 13.4. The molecule has 1 aromatic rings. The van der Waals surface area contributed by atoms with E-state index in [4.69, 9.17) is 9.47 Å². The first-order valence-electron chi connectivity index (χ1n) is 10.5. The zero-order valence-electron chi connectivity index (χ0n) is 16.9. The minimum atomic E-state index is -0.515. The zero-order valence-corrected chi connectivity index (χ0v) is 16.9. The molecule has 5 rings (SSSR count). The van der Waals surface area contributed by atoms with Gasteiger partial charge < -0.3 is 14.6 Å². The number of aliphatic hydroxyl groups excluding tert-OH is 1. The van der Waals surface area contributed by atoms with E-state index in [1.54, 1.807) is 12.1 Å². The van der Waals surface area contributed by atoms with Crippen molar-refractivity contribution in [3.63, 3.8) is 0 Å². The first kappa shape index (κ1) is 20.0. The molecule has 154 valence electrons. The standard InChI is InChI=1S/C23H32FNO3/c1-23(2)18-6-3-17(21(23)11-18)14-27-15-20(26)12-25-9-10-28-22(13-25)16-4-7-19(24)8-5-16/h3-5,7-8,18,20-22,26H,6,9-15H2,1-2H3/t18-,20-,21+,22-/m0/s1. The summed E-state index contributed by atoms with van der Waals surface area (Å²) in [6.07, 6.45) is 4.22. The van der Waals surface area contributed by atoms with Crippen LogP contribution in [0.15, 0.2) is 35.9 Å². The number of benzene rings is 1. The van der Waals surface area contributed by atoms with Gasteiger partial charge in [-0.05, 0) is 53.4 Å². The number of morpholine rings is 1. The molecule has 0 aromatic heterocycles. The van der Waals surface area contributed by atoms with Gasteiger partial charge in [0.15, 0.2) is 0 Å². The van der Waals surface area contributed by atoms with Crippen LogP contribution in [0.5, 0.6) is 0 Å². The minimum absolute atomic E-state index is 0.0799. The Labute approximate surface area is 167 Å². The highest BCUT2D eigenvalue weighted by Gasteiger charge is 2.50.